The molecule has 0 amide bonds. The highest BCUT2D eigenvalue weighted by Crippen LogP contribution is 2.30. The van der Waals surface area contributed by atoms with Gasteiger partial charge < -0.3 is 4.74 Å². The van der Waals surface area contributed by atoms with Crippen LogP contribution in [0.15, 0.2) is 47.4 Å². The minimum absolute atomic E-state index is 0.0162. The van der Waals surface area contributed by atoms with Crippen LogP contribution in [-0.2, 0) is 14.8 Å². The van der Waals surface area contributed by atoms with E-state index in [1.54, 1.807) is 12.1 Å². The maximum atomic E-state index is 12.8. The molecule has 27 heavy (non-hydrogen) atoms. The molecule has 0 spiro atoms. The fourth-order valence-electron chi connectivity index (χ4n) is 3.02. The number of hydrogen-bond acceptors (Lipinski definition) is 4. The van der Waals surface area contributed by atoms with Crippen molar-refractivity contribution < 1.29 is 17.9 Å². The number of rotatable bonds is 4. The molecule has 1 aliphatic heterocycles. The number of sulfonamides is 1. The van der Waals surface area contributed by atoms with Gasteiger partial charge in [0.25, 0.3) is 0 Å². The van der Waals surface area contributed by atoms with E-state index in [2.05, 4.69) is 0 Å². The molecule has 1 fully saturated rings. The summed E-state index contributed by atoms with van der Waals surface area (Å²) in [7, 11) is -3.76. The fraction of sp³-hybridized carbons (Fsp3) is 0.316. The molecule has 1 saturated heterocycles. The molecule has 5 nitrogen and oxygen atoms in total. The summed E-state index contributed by atoms with van der Waals surface area (Å²) in [5.41, 5.74) is 1.000. The van der Waals surface area contributed by atoms with Gasteiger partial charge in [-0.1, -0.05) is 35.3 Å². The van der Waals surface area contributed by atoms with Crippen LogP contribution in [0.4, 0.5) is 0 Å². The first-order valence-electron chi connectivity index (χ1n) is 8.51. The first kappa shape index (κ1) is 20.1. The summed E-state index contributed by atoms with van der Waals surface area (Å²) in [5.74, 6) is -0.175. The number of halogens is 2. The summed E-state index contributed by atoms with van der Waals surface area (Å²) >= 11 is 12.0. The highest BCUT2D eigenvalue weighted by molar-refractivity contribution is 7.89. The number of benzene rings is 2. The predicted octanol–water partition coefficient (Wildman–Crippen LogP) is 4.31. The van der Waals surface area contributed by atoms with Crippen molar-refractivity contribution >= 4 is 39.2 Å². The minimum atomic E-state index is -3.76. The molecule has 3 rings (SSSR count). The normalized spacial score (nSPS) is 16.3. The minimum Gasteiger partial charge on any atom is -0.426 e. The van der Waals surface area contributed by atoms with Gasteiger partial charge in [-0.2, -0.15) is 4.31 Å². The van der Waals surface area contributed by atoms with E-state index >= 15 is 0 Å². The molecule has 1 heterocycles. The Hall–Kier alpha value is -1.60. The number of carbonyl (C=O) groups is 1. The van der Waals surface area contributed by atoms with E-state index < -0.39 is 10.0 Å². The number of esters is 1. The van der Waals surface area contributed by atoms with Crippen LogP contribution in [0.2, 0.25) is 10.0 Å². The quantitative estimate of drug-likeness (QED) is 0.538. The van der Waals surface area contributed by atoms with Gasteiger partial charge in [-0.25, -0.2) is 8.42 Å². The van der Waals surface area contributed by atoms with E-state index in [0.717, 1.165) is 5.56 Å². The van der Waals surface area contributed by atoms with Crippen molar-refractivity contribution in [2.24, 2.45) is 5.92 Å². The molecule has 0 aliphatic carbocycles. The van der Waals surface area contributed by atoms with Crippen LogP contribution in [0.25, 0.3) is 0 Å². The number of aryl methyl sites for hydroxylation is 1. The molecule has 0 bridgehead atoms. The van der Waals surface area contributed by atoms with Crippen molar-refractivity contribution in [1.29, 1.82) is 0 Å². The molecule has 0 aromatic heterocycles. The van der Waals surface area contributed by atoms with Gasteiger partial charge in [-0.05, 0) is 55.7 Å². The van der Waals surface area contributed by atoms with Crippen LogP contribution in [0.5, 0.6) is 5.75 Å². The Morgan fingerprint density at radius 1 is 1.11 bits per heavy atom. The average molecular weight is 428 g/mol. The molecule has 2 aromatic carbocycles. The smallest absolute Gasteiger partial charge is 0.314 e. The molecule has 0 unspecified atom stereocenters. The van der Waals surface area contributed by atoms with E-state index in [-0.39, 0.29) is 34.9 Å². The summed E-state index contributed by atoms with van der Waals surface area (Å²) in [5, 5.41) is 0.426. The number of piperidine rings is 1. The summed E-state index contributed by atoms with van der Waals surface area (Å²) in [6.07, 6.45) is 0.782. The lowest BCUT2D eigenvalue weighted by atomic mass is 9.98. The molecule has 0 atom stereocenters. The molecule has 0 radical (unpaired) electrons. The van der Waals surface area contributed by atoms with E-state index in [0.29, 0.717) is 23.6 Å². The van der Waals surface area contributed by atoms with E-state index in [1.165, 1.54) is 22.5 Å². The molecular weight excluding hydrogens is 409 g/mol. The summed E-state index contributed by atoms with van der Waals surface area (Å²) in [4.78, 5) is 12.4. The summed E-state index contributed by atoms with van der Waals surface area (Å²) < 4.78 is 32.4. The Morgan fingerprint density at radius 2 is 1.81 bits per heavy atom. The Bertz CT molecular complexity index is 954. The highest BCUT2D eigenvalue weighted by atomic mass is 35.5. The topological polar surface area (TPSA) is 63.7 Å². The second-order valence-electron chi connectivity index (χ2n) is 6.49. The SMILES string of the molecule is Cc1cccc(OC(=O)C2CCN(S(=O)(=O)c3cc(Cl)ccc3Cl)CC2)c1. The first-order valence-corrected chi connectivity index (χ1v) is 10.7. The van der Waals surface area contributed by atoms with Gasteiger partial charge in [0.1, 0.15) is 10.6 Å². The van der Waals surface area contributed by atoms with Gasteiger partial charge in [0.05, 0.1) is 10.9 Å². The van der Waals surface area contributed by atoms with Gasteiger partial charge in [0.15, 0.2) is 0 Å². The van der Waals surface area contributed by atoms with Crippen molar-refractivity contribution in [3.8, 4) is 5.75 Å². The maximum absolute atomic E-state index is 12.8. The molecule has 1 aliphatic rings. The maximum Gasteiger partial charge on any atom is 0.314 e. The second kappa shape index (κ2) is 8.19. The lowest BCUT2D eigenvalue weighted by Gasteiger charge is -2.30. The Balaban J connectivity index is 1.66. The Kier molecular flexibility index (Phi) is 6.11. The zero-order valence-corrected chi connectivity index (χ0v) is 17.0. The monoisotopic (exact) mass is 427 g/mol. The number of nitrogens with zero attached hydrogens (tertiary/aromatic N) is 1. The Labute approximate surface area is 168 Å². The first-order chi connectivity index (χ1) is 12.8. The van der Waals surface area contributed by atoms with E-state index in [9.17, 15) is 13.2 Å². The van der Waals surface area contributed by atoms with Crippen LogP contribution < -0.4 is 4.74 Å². The standard InChI is InChI=1S/C19H19Cl2NO4S/c1-13-3-2-4-16(11-13)26-19(23)14-7-9-22(10-8-14)27(24,25)18-12-15(20)5-6-17(18)21/h2-6,11-12,14H,7-10H2,1H3. The molecule has 2 aromatic rings. The zero-order chi connectivity index (χ0) is 19.6. The van der Waals surface area contributed by atoms with E-state index in [1.807, 2.05) is 19.1 Å². The summed E-state index contributed by atoms with van der Waals surface area (Å²) in [6, 6.07) is 11.6. The lowest BCUT2D eigenvalue weighted by Crippen LogP contribution is -2.41. The largest absolute Gasteiger partial charge is 0.426 e. The molecule has 144 valence electrons. The predicted molar refractivity (Wildman–Crippen MR) is 105 cm³/mol. The summed E-state index contributed by atoms with van der Waals surface area (Å²) in [6.45, 7) is 2.36. The van der Waals surface area contributed by atoms with Crippen LogP contribution >= 0.6 is 23.2 Å². The van der Waals surface area contributed by atoms with Crippen LogP contribution in [-0.4, -0.2) is 31.8 Å². The van der Waals surface area contributed by atoms with Gasteiger partial charge >= 0.3 is 5.97 Å². The third-order valence-electron chi connectivity index (χ3n) is 4.51. The zero-order valence-electron chi connectivity index (χ0n) is 14.7. The van der Waals surface area contributed by atoms with Crippen LogP contribution in [0, 0.1) is 12.8 Å². The molecular formula is C19H19Cl2NO4S. The molecule has 0 saturated carbocycles. The van der Waals surface area contributed by atoms with Crippen molar-refractivity contribution in [3.63, 3.8) is 0 Å². The lowest BCUT2D eigenvalue weighted by molar-refractivity contribution is -0.140. The number of ether oxygens (including phenoxy) is 1. The Morgan fingerprint density at radius 3 is 2.48 bits per heavy atom. The number of carbonyl (C=O) groups excluding carboxylic acids is 1. The van der Waals surface area contributed by atoms with Crippen molar-refractivity contribution in [3.05, 3.63) is 58.1 Å². The van der Waals surface area contributed by atoms with Gasteiger partial charge in [-0.15, -0.1) is 0 Å². The van der Waals surface area contributed by atoms with Crippen molar-refractivity contribution in [2.75, 3.05) is 13.1 Å². The third kappa shape index (κ3) is 4.63. The van der Waals surface area contributed by atoms with Gasteiger partial charge in [0.2, 0.25) is 10.0 Å². The van der Waals surface area contributed by atoms with Crippen LogP contribution in [0.1, 0.15) is 18.4 Å². The fourth-order valence-corrected chi connectivity index (χ4v) is 5.23. The molecule has 8 heteroatoms. The average Bonchev–Trinajstić information content (AvgIpc) is 2.63. The number of hydrogen-bond donors (Lipinski definition) is 0. The van der Waals surface area contributed by atoms with Crippen molar-refractivity contribution in [1.82, 2.24) is 4.31 Å². The van der Waals surface area contributed by atoms with Gasteiger partial charge in [-0.3, -0.25) is 4.79 Å². The van der Waals surface area contributed by atoms with Crippen molar-refractivity contribution in [2.45, 2.75) is 24.7 Å². The van der Waals surface area contributed by atoms with Crippen LogP contribution in [0.3, 0.4) is 0 Å². The second-order valence-corrected chi connectivity index (χ2v) is 9.24. The highest BCUT2D eigenvalue weighted by Gasteiger charge is 2.34. The molecule has 0 N–H and O–H groups in total. The third-order valence-corrected chi connectivity index (χ3v) is 7.12. The van der Waals surface area contributed by atoms with Gasteiger partial charge in [0, 0.05) is 18.1 Å². The van der Waals surface area contributed by atoms with E-state index in [4.69, 9.17) is 27.9 Å².